The molecule has 6 aromatic carbocycles. The molecule has 0 radical (unpaired) electrons. The molecule has 0 aliphatic heterocycles. The minimum atomic E-state index is 0.00206. The van der Waals surface area contributed by atoms with Crippen molar-refractivity contribution in [3.05, 3.63) is 158 Å². The van der Waals surface area contributed by atoms with Crippen LogP contribution in [0.25, 0.3) is 44.5 Å². The largest absolute Gasteiger partial charge is 0.507 e. The van der Waals surface area contributed by atoms with Gasteiger partial charge in [-0.1, -0.05) is 141 Å². The highest BCUT2D eigenvalue weighted by Gasteiger charge is 2.19. The molecule has 0 saturated heterocycles. The second-order valence-corrected chi connectivity index (χ2v) is 12.2. The Balaban J connectivity index is 1.24. The summed E-state index contributed by atoms with van der Waals surface area (Å²) in [7, 11) is 0. The van der Waals surface area contributed by atoms with Crippen LogP contribution in [0.5, 0.6) is 23.0 Å². The summed E-state index contributed by atoms with van der Waals surface area (Å²) < 4.78 is 13.0. The third-order valence-electron chi connectivity index (χ3n) is 8.74. The molecular formula is C45H42O4. The molecule has 4 nitrogen and oxygen atoms in total. The number of ether oxygens (including phenoxy) is 2. The topological polar surface area (TPSA) is 58.9 Å². The maximum Gasteiger partial charge on any atom is 0.131 e. The summed E-state index contributed by atoms with van der Waals surface area (Å²) in [5.41, 5.74) is 7.77. The van der Waals surface area contributed by atoms with E-state index in [1.54, 1.807) is 0 Å². The molecular weight excluding hydrogens is 604 g/mol. The van der Waals surface area contributed by atoms with Gasteiger partial charge in [-0.05, 0) is 47.7 Å². The molecule has 0 aliphatic carbocycles. The summed E-state index contributed by atoms with van der Waals surface area (Å²) in [6, 6.07) is 45.5. The van der Waals surface area contributed by atoms with Crippen LogP contribution in [0.15, 0.2) is 152 Å². The van der Waals surface area contributed by atoms with Crippen molar-refractivity contribution in [2.75, 3.05) is 13.2 Å². The lowest BCUT2D eigenvalue weighted by molar-refractivity contribution is 0.179. The van der Waals surface area contributed by atoms with E-state index in [-0.39, 0.29) is 17.4 Å². The van der Waals surface area contributed by atoms with Gasteiger partial charge in [-0.15, -0.1) is 6.58 Å². The molecule has 1 atom stereocenters. The van der Waals surface area contributed by atoms with Crippen LogP contribution in [0, 0.1) is 5.92 Å². The first kappa shape index (κ1) is 33.2. The van der Waals surface area contributed by atoms with Gasteiger partial charge in [-0.3, -0.25) is 0 Å². The van der Waals surface area contributed by atoms with Gasteiger partial charge < -0.3 is 19.7 Å². The van der Waals surface area contributed by atoms with E-state index in [0.717, 1.165) is 51.8 Å². The van der Waals surface area contributed by atoms with Gasteiger partial charge in [0.25, 0.3) is 0 Å². The van der Waals surface area contributed by atoms with E-state index in [1.807, 2.05) is 133 Å². The fraction of sp³-hybridized carbons (Fsp3) is 0.156. The first-order valence-corrected chi connectivity index (χ1v) is 16.9. The van der Waals surface area contributed by atoms with Gasteiger partial charge in [0, 0.05) is 39.3 Å². The smallest absolute Gasteiger partial charge is 0.131 e. The Kier molecular flexibility index (Phi) is 10.8. The van der Waals surface area contributed by atoms with E-state index in [4.69, 9.17) is 9.47 Å². The number of hydrogen-bond acceptors (Lipinski definition) is 4. The van der Waals surface area contributed by atoms with Crippen molar-refractivity contribution in [2.45, 2.75) is 26.2 Å². The van der Waals surface area contributed by atoms with Gasteiger partial charge in [-0.2, -0.15) is 0 Å². The number of phenols is 2. The summed E-state index contributed by atoms with van der Waals surface area (Å²) in [4.78, 5) is 0. The minimum Gasteiger partial charge on any atom is -0.507 e. The second-order valence-electron chi connectivity index (χ2n) is 12.2. The second kappa shape index (κ2) is 15.9. The number of hydrogen-bond donors (Lipinski definition) is 2. The zero-order valence-electron chi connectivity index (χ0n) is 27.9. The molecule has 2 N–H and O–H groups in total. The molecule has 0 heterocycles. The summed E-state index contributed by atoms with van der Waals surface area (Å²) in [6.45, 7) is 6.94. The number of aryl methyl sites for hydroxylation is 1. The van der Waals surface area contributed by atoms with E-state index in [1.165, 1.54) is 5.56 Å². The predicted molar refractivity (Wildman–Crippen MR) is 201 cm³/mol. The van der Waals surface area contributed by atoms with Crippen molar-refractivity contribution in [3.63, 3.8) is 0 Å². The molecule has 0 bridgehead atoms. The molecule has 246 valence electrons. The van der Waals surface area contributed by atoms with E-state index in [0.29, 0.717) is 36.7 Å². The molecule has 0 aromatic heterocycles. The Bertz CT molecular complexity index is 2000. The lowest BCUT2D eigenvalue weighted by Gasteiger charge is -2.21. The lowest BCUT2D eigenvalue weighted by atomic mass is 9.95. The van der Waals surface area contributed by atoms with Crippen LogP contribution < -0.4 is 9.47 Å². The fourth-order valence-electron chi connectivity index (χ4n) is 6.23. The maximum absolute atomic E-state index is 11.5. The number of allylic oxidation sites excluding steroid dienone is 1. The highest BCUT2D eigenvalue weighted by molar-refractivity contribution is 5.85. The number of aromatic hydroxyl groups is 2. The molecule has 0 fully saturated rings. The van der Waals surface area contributed by atoms with Crippen molar-refractivity contribution in [1.82, 2.24) is 0 Å². The predicted octanol–water partition coefficient (Wildman–Crippen LogP) is 11.4. The molecule has 0 amide bonds. The van der Waals surface area contributed by atoms with Crippen LogP contribution >= 0.6 is 0 Å². The molecule has 6 rings (SSSR count). The Hall–Kier alpha value is -5.74. The molecule has 6 aromatic rings. The zero-order chi connectivity index (χ0) is 34.0. The van der Waals surface area contributed by atoms with Crippen molar-refractivity contribution in [2.24, 2.45) is 5.92 Å². The van der Waals surface area contributed by atoms with Crippen molar-refractivity contribution in [1.29, 1.82) is 0 Å². The van der Waals surface area contributed by atoms with Crippen LogP contribution in [0.3, 0.4) is 0 Å². The number of benzene rings is 6. The van der Waals surface area contributed by atoms with Gasteiger partial charge in [-0.25, -0.2) is 0 Å². The Morgan fingerprint density at radius 1 is 0.551 bits per heavy atom. The average molecular weight is 647 g/mol. The van der Waals surface area contributed by atoms with E-state index < -0.39 is 0 Å². The minimum absolute atomic E-state index is 0.00206. The summed E-state index contributed by atoms with van der Waals surface area (Å²) in [5, 5.41) is 22.9. The van der Waals surface area contributed by atoms with Crippen molar-refractivity contribution in [3.8, 4) is 67.5 Å². The fourth-order valence-corrected chi connectivity index (χ4v) is 6.23. The van der Waals surface area contributed by atoms with Gasteiger partial charge >= 0.3 is 0 Å². The van der Waals surface area contributed by atoms with Gasteiger partial charge in [0.2, 0.25) is 0 Å². The lowest BCUT2D eigenvalue weighted by Crippen LogP contribution is -2.20. The standard InChI is InChI=1S/C45H42O4/c1-3-15-32-27-28-43(41(29-32)40-25-14-23-37(45(40)47)35-19-9-6-10-20-35)49-31-33(16-4-2)30-48-42-26-12-11-21-38(42)39-24-13-22-36(44(39)46)34-17-7-5-8-18-34/h4-14,17-29,33,46-47H,2-3,15-16,30-31H2,1H3. The average Bonchev–Trinajstić information content (AvgIpc) is 3.14. The van der Waals surface area contributed by atoms with E-state index in [2.05, 4.69) is 25.6 Å². The van der Waals surface area contributed by atoms with Crippen LogP contribution in [-0.2, 0) is 6.42 Å². The molecule has 49 heavy (non-hydrogen) atoms. The van der Waals surface area contributed by atoms with Crippen molar-refractivity contribution < 1.29 is 19.7 Å². The van der Waals surface area contributed by atoms with Crippen LogP contribution in [0.1, 0.15) is 25.3 Å². The number of para-hydroxylation sites is 3. The maximum atomic E-state index is 11.5. The first-order valence-electron chi connectivity index (χ1n) is 16.9. The molecule has 0 saturated carbocycles. The number of rotatable bonds is 14. The summed E-state index contributed by atoms with van der Waals surface area (Å²) in [6.07, 6.45) is 4.53. The molecule has 0 aliphatic rings. The zero-order valence-corrected chi connectivity index (χ0v) is 27.9. The van der Waals surface area contributed by atoms with Crippen molar-refractivity contribution >= 4 is 0 Å². The number of phenolic OH excluding ortho intramolecular Hbond substituents is 2. The van der Waals surface area contributed by atoms with E-state index >= 15 is 0 Å². The van der Waals surface area contributed by atoms with Gasteiger partial charge in [0.1, 0.15) is 23.0 Å². The molecule has 4 heteroatoms. The van der Waals surface area contributed by atoms with Crippen LogP contribution in [0.4, 0.5) is 0 Å². The SMILES string of the molecule is C=CCC(COc1ccccc1-c1cccc(-c2ccccc2)c1O)COc1ccc(CCC)cc1-c1cccc(-c2ccccc2)c1O. The third kappa shape index (κ3) is 7.71. The van der Waals surface area contributed by atoms with Crippen LogP contribution in [0.2, 0.25) is 0 Å². The monoisotopic (exact) mass is 646 g/mol. The summed E-state index contributed by atoms with van der Waals surface area (Å²) >= 11 is 0. The molecule has 0 spiro atoms. The Labute approximate surface area is 289 Å². The Morgan fingerprint density at radius 2 is 1.04 bits per heavy atom. The highest BCUT2D eigenvalue weighted by Crippen LogP contribution is 2.43. The van der Waals surface area contributed by atoms with E-state index in [9.17, 15) is 10.2 Å². The highest BCUT2D eigenvalue weighted by atomic mass is 16.5. The van der Waals surface area contributed by atoms with Gasteiger partial charge in [0.15, 0.2) is 0 Å². The van der Waals surface area contributed by atoms with Crippen LogP contribution in [-0.4, -0.2) is 23.4 Å². The first-order chi connectivity index (χ1) is 24.1. The third-order valence-corrected chi connectivity index (χ3v) is 8.74. The summed E-state index contributed by atoms with van der Waals surface area (Å²) in [5.74, 6) is 1.84. The molecule has 1 unspecified atom stereocenters. The normalized spacial score (nSPS) is 11.5. The van der Waals surface area contributed by atoms with Gasteiger partial charge in [0.05, 0.1) is 13.2 Å². The quantitative estimate of drug-likeness (QED) is 0.116. The Morgan fingerprint density at radius 3 is 1.61 bits per heavy atom.